The molecule has 3 rings (SSSR count). The first-order chi connectivity index (χ1) is 11.0. The number of nitrogens with zero attached hydrogens (tertiary/aromatic N) is 1. The maximum atomic E-state index is 12.1. The minimum absolute atomic E-state index is 0.0665. The zero-order valence-corrected chi connectivity index (χ0v) is 13.1. The Morgan fingerprint density at radius 1 is 1.17 bits per heavy atom. The second kappa shape index (κ2) is 6.12. The molecule has 1 N–H and O–H groups in total. The number of hydrogen-bond donors (Lipinski definition) is 1. The molecule has 0 fully saturated rings. The summed E-state index contributed by atoms with van der Waals surface area (Å²) in [5.74, 6) is -0.481. The highest BCUT2D eigenvalue weighted by Gasteiger charge is 2.08. The first-order valence-electron chi connectivity index (χ1n) is 7.48. The zero-order valence-electron chi connectivity index (χ0n) is 13.1. The van der Waals surface area contributed by atoms with Gasteiger partial charge in [-0.1, -0.05) is 29.8 Å². The molecule has 1 amide bonds. The molecule has 0 atom stereocenters. The minimum Gasteiger partial charge on any atom is -0.408 e. The SMILES string of the molecule is Cc1ccc(CCC(=O)Nc2ccc3c(c2)oc(=O)n3C)cc1. The number of aryl methyl sites for hydroxylation is 3. The van der Waals surface area contributed by atoms with E-state index >= 15 is 0 Å². The van der Waals surface area contributed by atoms with Crippen LogP contribution < -0.4 is 11.1 Å². The van der Waals surface area contributed by atoms with Gasteiger partial charge in [0.05, 0.1) is 5.52 Å². The summed E-state index contributed by atoms with van der Waals surface area (Å²) >= 11 is 0. The average Bonchev–Trinajstić information content (AvgIpc) is 2.81. The van der Waals surface area contributed by atoms with Crippen molar-refractivity contribution in [3.05, 3.63) is 64.1 Å². The monoisotopic (exact) mass is 310 g/mol. The summed E-state index contributed by atoms with van der Waals surface area (Å²) < 4.78 is 6.55. The van der Waals surface area contributed by atoms with Gasteiger partial charge in [0.1, 0.15) is 0 Å². The quantitative estimate of drug-likeness (QED) is 0.805. The van der Waals surface area contributed by atoms with E-state index < -0.39 is 5.76 Å². The highest BCUT2D eigenvalue weighted by atomic mass is 16.4. The number of anilines is 1. The molecule has 5 nitrogen and oxygen atoms in total. The fraction of sp³-hybridized carbons (Fsp3) is 0.222. The van der Waals surface area contributed by atoms with Crippen molar-refractivity contribution >= 4 is 22.7 Å². The minimum atomic E-state index is -0.414. The lowest BCUT2D eigenvalue weighted by molar-refractivity contribution is -0.116. The van der Waals surface area contributed by atoms with E-state index in [1.165, 1.54) is 10.1 Å². The van der Waals surface area contributed by atoms with Crippen LogP contribution in [0.2, 0.25) is 0 Å². The summed E-state index contributed by atoms with van der Waals surface area (Å²) in [7, 11) is 1.65. The number of nitrogens with one attached hydrogen (secondary N) is 1. The van der Waals surface area contributed by atoms with E-state index in [2.05, 4.69) is 5.32 Å². The Morgan fingerprint density at radius 2 is 1.91 bits per heavy atom. The van der Waals surface area contributed by atoms with Crippen LogP contribution in [-0.2, 0) is 18.3 Å². The Morgan fingerprint density at radius 3 is 2.65 bits per heavy atom. The molecule has 0 saturated carbocycles. The van der Waals surface area contributed by atoms with Gasteiger partial charge in [0.2, 0.25) is 5.91 Å². The van der Waals surface area contributed by atoms with Crippen LogP contribution in [0.5, 0.6) is 0 Å². The summed E-state index contributed by atoms with van der Waals surface area (Å²) in [6.07, 6.45) is 1.09. The van der Waals surface area contributed by atoms with Gasteiger partial charge in [-0.05, 0) is 31.0 Å². The molecule has 0 radical (unpaired) electrons. The third-order valence-corrected chi connectivity index (χ3v) is 3.84. The number of carbonyl (C=O) groups excluding carboxylic acids is 1. The molecule has 1 aromatic heterocycles. The predicted octanol–water partition coefficient (Wildman–Crippen LogP) is 3.01. The Labute approximate surface area is 133 Å². The standard InChI is InChI=1S/C18H18N2O3/c1-12-3-5-13(6-4-12)7-10-17(21)19-14-8-9-15-16(11-14)23-18(22)20(15)2/h3-6,8-9,11H,7,10H2,1-2H3,(H,19,21). The predicted molar refractivity (Wildman–Crippen MR) is 89.6 cm³/mol. The summed E-state index contributed by atoms with van der Waals surface area (Å²) in [4.78, 5) is 23.5. The maximum absolute atomic E-state index is 12.1. The fourth-order valence-electron chi connectivity index (χ4n) is 2.45. The van der Waals surface area contributed by atoms with Crippen LogP contribution in [0.25, 0.3) is 11.1 Å². The third kappa shape index (κ3) is 3.34. The maximum Gasteiger partial charge on any atom is 0.419 e. The topological polar surface area (TPSA) is 64.2 Å². The van der Waals surface area contributed by atoms with Crippen LogP contribution in [-0.4, -0.2) is 10.5 Å². The van der Waals surface area contributed by atoms with Gasteiger partial charge in [-0.25, -0.2) is 4.79 Å². The molecule has 0 bridgehead atoms. The molecule has 0 aliphatic heterocycles. The van der Waals surface area contributed by atoms with Crippen LogP contribution in [0.4, 0.5) is 5.69 Å². The van der Waals surface area contributed by atoms with Crippen molar-refractivity contribution in [3.8, 4) is 0 Å². The van der Waals surface area contributed by atoms with E-state index in [4.69, 9.17) is 4.42 Å². The van der Waals surface area contributed by atoms with Crippen LogP contribution in [0, 0.1) is 6.92 Å². The summed E-state index contributed by atoms with van der Waals surface area (Å²) in [5, 5.41) is 2.83. The Balaban J connectivity index is 1.65. The van der Waals surface area contributed by atoms with Gasteiger partial charge in [0, 0.05) is 25.2 Å². The number of amides is 1. The molecule has 0 unspecified atom stereocenters. The summed E-state index contributed by atoms with van der Waals surface area (Å²) in [6.45, 7) is 2.04. The van der Waals surface area contributed by atoms with Gasteiger partial charge in [0.25, 0.3) is 0 Å². The molecule has 5 heteroatoms. The number of carbonyl (C=O) groups is 1. The van der Waals surface area contributed by atoms with Crippen molar-refractivity contribution in [1.29, 1.82) is 0 Å². The zero-order chi connectivity index (χ0) is 16.4. The lowest BCUT2D eigenvalue weighted by Crippen LogP contribution is -2.12. The number of fused-ring (bicyclic) bond motifs is 1. The van der Waals surface area contributed by atoms with Crippen molar-refractivity contribution in [1.82, 2.24) is 4.57 Å². The second-order valence-corrected chi connectivity index (χ2v) is 5.64. The molecule has 0 aliphatic carbocycles. The first kappa shape index (κ1) is 15.1. The van der Waals surface area contributed by atoms with E-state index in [1.54, 1.807) is 25.2 Å². The van der Waals surface area contributed by atoms with Gasteiger partial charge >= 0.3 is 5.76 Å². The van der Waals surface area contributed by atoms with Crippen molar-refractivity contribution in [2.24, 2.45) is 7.05 Å². The highest BCUT2D eigenvalue weighted by molar-refractivity contribution is 5.92. The summed E-state index contributed by atoms with van der Waals surface area (Å²) in [5.41, 5.74) is 4.13. The molecule has 0 spiro atoms. The van der Waals surface area contributed by atoms with Gasteiger partial charge in [-0.3, -0.25) is 9.36 Å². The smallest absolute Gasteiger partial charge is 0.408 e. The van der Waals surface area contributed by atoms with E-state index in [1.807, 2.05) is 31.2 Å². The van der Waals surface area contributed by atoms with Gasteiger partial charge in [0.15, 0.2) is 5.58 Å². The number of rotatable bonds is 4. The number of benzene rings is 2. The number of oxazole rings is 1. The van der Waals surface area contributed by atoms with Crippen LogP contribution >= 0.6 is 0 Å². The van der Waals surface area contributed by atoms with E-state index in [0.717, 1.165) is 5.56 Å². The largest absolute Gasteiger partial charge is 0.419 e. The molecule has 118 valence electrons. The van der Waals surface area contributed by atoms with Gasteiger partial charge in [-0.2, -0.15) is 0 Å². The summed E-state index contributed by atoms with van der Waals surface area (Å²) in [6, 6.07) is 13.3. The van der Waals surface area contributed by atoms with E-state index in [0.29, 0.717) is 29.6 Å². The lowest BCUT2D eigenvalue weighted by Gasteiger charge is -2.05. The van der Waals surface area contributed by atoms with Gasteiger partial charge < -0.3 is 9.73 Å². The van der Waals surface area contributed by atoms with Crippen molar-refractivity contribution in [2.45, 2.75) is 19.8 Å². The van der Waals surface area contributed by atoms with Crippen LogP contribution in [0.15, 0.2) is 51.7 Å². The second-order valence-electron chi connectivity index (χ2n) is 5.64. The van der Waals surface area contributed by atoms with Crippen LogP contribution in [0.1, 0.15) is 17.5 Å². The number of hydrogen-bond acceptors (Lipinski definition) is 3. The molecule has 2 aromatic carbocycles. The Hall–Kier alpha value is -2.82. The average molecular weight is 310 g/mol. The molecule has 1 heterocycles. The van der Waals surface area contributed by atoms with Gasteiger partial charge in [-0.15, -0.1) is 0 Å². The van der Waals surface area contributed by atoms with E-state index in [9.17, 15) is 9.59 Å². The Kier molecular flexibility index (Phi) is 4.02. The number of aromatic nitrogens is 1. The Bertz CT molecular complexity index is 904. The highest BCUT2D eigenvalue weighted by Crippen LogP contribution is 2.18. The van der Waals surface area contributed by atoms with Crippen molar-refractivity contribution in [2.75, 3.05) is 5.32 Å². The molecule has 0 aliphatic rings. The first-order valence-corrected chi connectivity index (χ1v) is 7.48. The van der Waals surface area contributed by atoms with Crippen molar-refractivity contribution in [3.63, 3.8) is 0 Å². The van der Waals surface area contributed by atoms with E-state index in [-0.39, 0.29) is 5.91 Å². The molecular weight excluding hydrogens is 292 g/mol. The molecule has 3 aromatic rings. The molecule has 23 heavy (non-hydrogen) atoms. The normalized spacial score (nSPS) is 10.9. The fourth-order valence-corrected chi connectivity index (χ4v) is 2.45. The lowest BCUT2D eigenvalue weighted by atomic mass is 10.1. The van der Waals surface area contributed by atoms with Crippen LogP contribution in [0.3, 0.4) is 0 Å². The molecule has 0 saturated heterocycles. The molecular formula is C18H18N2O3. The van der Waals surface area contributed by atoms with Crippen molar-refractivity contribution < 1.29 is 9.21 Å². The third-order valence-electron chi connectivity index (χ3n) is 3.84.